The van der Waals surface area contributed by atoms with Crippen LogP contribution in [0, 0.1) is 0 Å². The van der Waals surface area contributed by atoms with Crippen LogP contribution in [0.4, 0.5) is 5.13 Å². The van der Waals surface area contributed by atoms with Crippen LogP contribution in [0.2, 0.25) is 0 Å². The highest BCUT2D eigenvalue weighted by atomic mass is 32.2. The number of hydrogen-bond acceptors (Lipinski definition) is 8. The Hall–Kier alpha value is -2.95. The molecule has 1 heterocycles. The summed E-state index contributed by atoms with van der Waals surface area (Å²) < 4.78 is 40.5. The van der Waals surface area contributed by atoms with E-state index in [-0.39, 0.29) is 16.9 Å². The van der Waals surface area contributed by atoms with Gasteiger partial charge in [-0.1, -0.05) is 0 Å². The van der Waals surface area contributed by atoms with Gasteiger partial charge in [-0.2, -0.15) is 0 Å². The summed E-state index contributed by atoms with van der Waals surface area (Å²) in [6.07, 6.45) is 5.11. The topological polar surface area (TPSA) is 104 Å². The van der Waals surface area contributed by atoms with E-state index in [0.29, 0.717) is 34.6 Å². The van der Waals surface area contributed by atoms with Gasteiger partial charge < -0.3 is 14.2 Å². The largest absolute Gasteiger partial charge is 0.488 e. The molecule has 0 spiro atoms. The van der Waals surface area contributed by atoms with Crippen LogP contribution in [0.5, 0.6) is 17.2 Å². The fourth-order valence-electron chi connectivity index (χ4n) is 3.80. The number of nitrogens with one attached hydrogen (secondary N) is 1. The molecule has 186 valence electrons. The van der Waals surface area contributed by atoms with Gasteiger partial charge >= 0.3 is 0 Å². The third-order valence-corrected chi connectivity index (χ3v) is 7.64. The zero-order chi connectivity index (χ0) is 25.0. The number of ether oxygens (including phenoxy) is 3. The summed E-state index contributed by atoms with van der Waals surface area (Å²) in [6.45, 7) is 2.24. The molecule has 35 heavy (non-hydrogen) atoms. The Bertz CT molecular complexity index is 1280. The Balaban J connectivity index is 1.58. The van der Waals surface area contributed by atoms with Crippen molar-refractivity contribution in [1.29, 1.82) is 0 Å². The number of rotatable bonds is 9. The van der Waals surface area contributed by atoms with Crippen LogP contribution in [0.1, 0.15) is 40.7 Å². The second kappa shape index (κ2) is 10.8. The fraction of sp³-hybridized carbons (Fsp3) is 0.360. The zero-order valence-electron chi connectivity index (χ0n) is 19.9. The standard InChI is InChI=1S/C25H28N2O6S2/c1-16(15-31-2)32-19-12-17(24(28)27-25-26-22-6-4-5-7-23(22)34-25)13-20(14-19)33-18-8-10-21(11-9-18)35(3,29)30/h8-14,16H,4-7,15H2,1-3H3,(H,26,27,28). The van der Waals surface area contributed by atoms with Gasteiger partial charge in [0, 0.05) is 29.9 Å². The second-order valence-electron chi connectivity index (χ2n) is 8.47. The van der Waals surface area contributed by atoms with E-state index in [4.69, 9.17) is 14.2 Å². The Morgan fingerprint density at radius 3 is 2.49 bits per heavy atom. The number of aryl methyl sites for hydroxylation is 2. The summed E-state index contributed by atoms with van der Waals surface area (Å²) >= 11 is 1.52. The van der Waals surface area contributed by atoms with E-state index in [0.717, 1.165) is 37.6 Å². The summed E-state index contributed by atoms with van der Waals surface area (Å²) in [5, 5.41) is 3.49. The first-order valence-electron chi connectivity index (χ1n) is 11.3. The number of benzene rings is 2. The maximum Gasteiger partial charge on any atom is 0.257 e. The van der Waals surface area contributed by atoms with Crippen molar-refractivity contribution in [1.82, 2.24) is 4.98 Å². The third kappa shape index (κ3) is 6.59. The number of anilines is 1. The lowest BCUT2D eigenvalue weighted by atomic mass is 10.0. The lowest BCUT2D eigenvalue weighted by Gasteiger charge is -2.16. The fourth-order valence-corrected chi connectivity index (χ4v) is 5.47. The lowest BCUT2D eigenvalue weighted by Crippen LogP contribution is -2.18. The molecule has 4 rings (SSSR count). The monoisotopic (exact) mass is 516 g/mol. The molecule has 0 aliphatic heterocycles. The normalized spacial score (nSPS) is 14.1. The Labute approximate surface area is 209 Å². The molecule has 1 atom stereocenters. The number of fused-ring (bicyclic) bond motifs is 1. The van der Waals surface area contributed by atoms with Gasteiger partial charge in [-0.25, -0.2) is 13.4 Å². The van der Waals surface area contributed by atoms with Crippen LogP contribution in [-0.4, -0.2) is 45.4 Å². The maximum atomic E-state index is 13.1. The molecule has 1 aromatic heterocycles. The first-order chi connectivity index (χ1) is 16.7. The number of hydrogen-bond donors (Lipinski definition) is 1. The Morgan fingerprint density at radius 2 is 1.80 bits per heavy atom. The van der Waals surface area contributed by atoms with E-state index in [1.165, 1.54) is 28.3 Å². The van der Waals surface area contributed by atoms with Crippen molar-refractivity contribution < 1.29 is 27.4 Å². The molecule has 0 fully saturated rings. The van der Waals surface area contributed by atoms with Crippen molar-refractivity contribution in [2.75, 3.05) is 25.3 Å². The van der Waals surface area contributed by atoms with Crippen molar-refractivity contribution in [3.8, 4) is 17.2 Å². The van der Waals surface area contributed by atoms with E-state index in [1.54, 1.807) is 37.4 Å². The molecule has 2 aromatic carbocycles. The number of nitrogens with zero attached hydrogens (tertiary/aromatic N) is 1. The molecule has 0 saturated carbocycles. The molecule has 1 N–H and O–H groups in total. The molecule has 8 nitrogen and oxygen atoms in total. The van der Waals surface area contributed by atoms with Crippen LogP contribution in [0.25, 0.3) is 0 Å². The highest BCUT2D eigenvalue weighted by molar-refractivity contribution is 7.90. The van der Waals surface area contributed by atoms with Gasteiger partial charge in [0.1, 0.15) is 23.4 Å². The van der Waals surface area contributed by atoms with Crippen LogP contribution < -0.4 is 14.8 Å². The van der Waals surface area contributed by atoms with Crippen molar-refractivity contribution >= 4 is 32.2 Å². The molecule has 0 radical (unpaired) electrons. The average Bonchev–Trinajstić information content (AvgIpc) is 3.21. The number of carbonyl (C=O) groups is 1. The third-order valence-electron chi connectivity index (χ3n) is 5.43. The smallest absolute Gasteiger partial charge is 0.257 e. The van der Waals surface area contributed by atoms with Crippen molar-refractivity contribution in [2.45, 2.75) is 43.6 Å². The molecule has 1 unspecified atom stereocenters. The lowest BCUT2D eigenvalue weighted by molar-refractivity contribution is 0.0916. The average molecular weight is 517 g/mol. The van der Waals surface area contributed by atoms with Gasteiger partial charge in [-0.15, -0.1) is 11.3 Å². The molecule has 1 amide bonds. The molecule has 1 aliphatic carbocycles. The van der Waals surface area contributed by atoms with E-state index in [1.807, 2.05) is 6.92 Å². The summed E-state index contributed by atoms with van der Waals surface area (Å²) in [6, 6.07) is 11.0. The SMILES string of the molecule is COCC(C)Oc1cc(Oc2ccc(S(C)(=O)=O)cc2)cc(C(=O)Nc2nc3c(s2)CCCC3)c1. The molecule has 10 heteroatoms. The van der Waals surface area contributed by atoms with Gasteiger partial charge in [-0.3, -0.25) is 10.1 Å². The van der Waals surface area contributed by atoms with Gasteiger partial charge in [0.2, 0.25) is 0 Å². The second-order valence-corrected chi connectivity index (χ2v) is 11.6. The molecular formula is C25H28N2O6S2. The van der Waals surface area contributed by atoms with E-state index in [2.05, 4.69) is 10.3 Å². The van der Waals surface area contributed by atoms with E-state index < -0.39 is 9.84 Å². The van der Waals surface area contributed by atoms with Gasteiger partial charge in [0.05, 0.1) is 17.2 Å². The van der Waals surface area contributed by atoms with Crippen LogP contribution >= 0.6 is 11.3 Å². The van der Waals surface area contributed by atoms with Gasteiger partial charge in [-0.05, 0) is 69.0 Å². The molecular weight excluding hydrogens is 488 g/mol. The zero-order valence-corrected chi connectivity index (χ0v) is 21.5. The highest BCUT2D eigenvalue weighted by Crippen LogP contribution is 2.32. The summed E-state index contributed by atoms with van der Waals surface area (Å²) in [5.74, 6) is 0.933. The first kappa shape index (κ1) is 25.2. The summed E-state index contributed by atoms with van der Waals surface area (Å²) in [5.41, 5.74) is 1.42. The van der Waals surface area contributed by atoms with Crippen LogP contribution in [0.15, 0.2) is 47.4 Å². The molecule has 0 saturated heterocycles. The number of aromatic nitrogens is 1. The van der Waals surface area contributed by atoms with Gasteiger partial charge in [0.25, 0.3) is 5.91 Å². The number of carbonyl (C=O) groups excluding carboxylic acids is 1. The number of sulfone groups is 1. The summed E-state index contributed by atoms with van der Waals surface area (Å²) in [7, 11) is -1.72. The minimum atomic E-state index is -3.31. The first-order valence-corrected chi connectivity index (χ1v) is 14.0. The quantitative estimate of drug-likeness (QED) is 0.432. The van der Waals surface area contributed by atoms with Crippen molar-refractivity contribution in [3.05, 3.63) is 58.6 Å². The predicted molar refractivity (Wildman–Crippen MR) is 135 cm³/mol. The minimum absolute atomic E-state index is 0.196. The number of methoxy groups -OCH3 is 1. The van der Waals surface area contributed by atoms with E-state index >= 15 is 0 Å². The maximum absolute atomic E-state index is 13.1. The van der Waals surface area contributed by atoms with Crippen molar-refractivity contribution in [2.24, 2.45) is 0 Å². The summed E-state index contributed by atoms with van der Waals surface area (Å²) in [4.78, 5) is 19.1. The minimum Gasteiger partial charge on any atom is -0.488 e. The Morgan fingerprint density at radius 1 is 1.09 bits per heavy atom. The number of amides is 1. The number of thiazole rings is 1. The Kier molecular flexibility index (Phi) is 7.73. The van der Waals surface area contributed by atoms with Crippen LogP contribution in [-0.2, 0) is 27.4 Å². The van der Waals surface area contributed by atoms with Crippen molar-refractivity contribution in [3.63, 3.8) is 0 Å². The van der Waals surface area contributed by atoms with Gasteiger partial charge in [0.15, 0.2) is 15.0 Å². The predicted octanol–water partition coefficient (Wildman–Crippen LogP) is 4.88. The van der Waals surface area contributed by atoms with E-state index in [9.17, 15) is 13.2 Å². The molecule has 1 aliphatic rings. The highest BCUT2D eigenvalue weighted by Gasteiger charge is 2.18. The molecule has 3 aromatic rings. The van der Waals surface area contributed by atoms with Crippen LogP contribution in [0.3, 0.4) is 0 Å². The molecule has 0 bridgehead atoms.